The Morgan fingerprint density at radius 1 is 1.10 bits per heavy atom. The Labute approximate surface area is 177 Å². The van der Waals surface area contributed by atoms with Gasteiger partial charge in [-0.1, -0.05) is 18.2 Å². The Morgan fingerprint density at radius 2 is 1.94 bits per heavy atom. The Kier molecular flexibility index (Phi) is 5.28. The van der Waals surface area contributed by atoms with Gasteiger partial charge < -0.3 is 9.14 Å². The molecule has 0 atom stereocenters. The lowest BCUT2D eigenvalue weighted by Gasteiger charge is -2.06. The van der Waals surface area contributed by atoms with Crippen LogP contribution in [0.3, 0.4) is 0 Å². The fraction of sp³-hybridized carbons (Fsp3) is 0.0870. The van der Waals surface area contributed by atoms with Crippen molar-refractivity contribution >= 4 is 23.0 Å². The van der Waals surface area contributed by atoms with Crippen LogP contribution in [0, 0.1) is 10.1 Å². The van der Waals surface area contributed by atoms with E-state index in [1.54, 1.807) is 51.8 Å². The highest BCUT2D eigenvalue weighted by Crippen LogP contribution is 2.30. The summed E-state index contributed by atoms with van der Waals surface area (Å²) in [6, 6.07) is 16.8. The highest BCUT2D eigenvalue weighted by Gasteiger charge is 2.23. The maximum atomic E-state index is 13.4. The SMILES string of the molecule is COC(=O)c1ccc[n+](CC(=O)c2c(-c3cccc([N+](=O)[O-])c3)cc3ccccn23)c1. The molecule has 0 amide bonds. The van der Waals surface area contributed by atoms with Crippen LogP contribution >= 0.6 is 0 Å². The number of nitrogens with zero attached hydrogens (tertiary/aromatic N) is 3. The number of ether oxygens (including phenoxy) is 1. The average molecular weight is 416 g/mol. The van der Waals surface area contributed by atoms with Gasteiger partial charge in [0.05, 0.1) is 12.0 Å². The van der Waals surface area contributed by atoms with E-state index in [0.717, 1.165) is 5.52 Å². The fourth-order valence-corrected chi connectivity index (χ4v) is 3.51. The first-order valence-corrected chi connectivity index (χ1v) is 9.43. The molecule has 0 aliphatic rings. The number of ketones is 1. The molecule has 4 rings (SSSR count). The van der Waals surface area contributed by atoms with E-state index in [9.17, 15) is 19.7 Å². The lowest BCUT2D eigenvalue weighted by atomic mass is 10.0. The summed E-state index contributed by atoms with van der Waals surface area (Å²) in [5.41, 5.74) is 2.66. The highest BCUT2D eigenvalue weighted by atomic mass is 16.6. The number of carbonyl (C=O) groups excluding carboxylic acids is 2. The number of hydrogen-bond donors (Lipinski definition) is 0. The number of methoxy groups -OCH3 is 1. The number of fused-ring (bicyclic) bond motifs is 1. The minimum Gasteiger partial charge on any atom is -0.465 e. The largest absolute Gasteiger partial charge is 0.465 e. The van der Waals surface area contributed by atoms with Crippen LogP contribution in [0.15, 0.2) is 79.3 Å². The standard InChI is InChI=1S/C23H18N3O5/c1-31-23(28)17-7-5-10-24(14-17)15-21(27)22-20(13-18-8-2-3-11-25(18)22)16-6-4-9-19(12-16)26(29)30/h2-14H,15H2,1H3/q+1. The number of nitro benzene ring substituents is 1. The molecular formula is C23H18N3O5+. The second-order valence-electron chi connectivity index (χ2n) is 6.89. The summed E-state index contributed by atoms with van der Waals surface area (Å²) in [5, 5.41) is 11.2. The van der Waals surface area contributed by atoms with Crippen molar-refractivity contribution in [2.24, 2.45) is 0 Å². The van der Waals surface area contributed by atoms with Crippen molar-refractivity contribution in [3.8, 4) is 11.1 Å². The van der Waals surface area contributed by atoms with Crippen LogP contribution in [0.1, 0.15) is 20.8 Å². The van der Waals surface area contributed by atoms with Crippen LogP contribution in [0.4, 0.5) is 5.69 Å². The molecule has 8 heteroatoms. The van der Waals surface area contributed by atoms with E-state index in [2.05, 4.69) is 0 Å². The average Bonchev–Trinajstić information content (AvgIpc) is 3.18. The van der Waals surface area contributed by atoms with Gasteiger partial charge >= 0.3 is 5.97 Å². The molecule has 0 radical (unpaired) electrons. The Balaban J connectivity index is 1.79. The minimum atomic E-state index is -0.493. The number of esters is 1. The molecule has 3 heterocycles. The Bertz CT molecular complexity index is 1330. The molecule has 0 N–H and O–H groups in total. The van der Waals surface area contributed by atoms with E-state index < -0.39 is 10.9 Å². The van der Waals surface area contributed by atoms with Crippen LogP contribution in [-0.2, 0) is 11.3 Å². The molecule has 1 aromatic carbocycles. The molecule has 0 fully saturated rings. The topological polar surface area (TPSA) is 94.8 Å². The molecule has 0 unspecified atom stereocenters. The van der Waals surface area contributed by atoms with Gasteiger partial charge in [0.15, 0.2) is 12.4 Å². The van der Waals surface area contributed by atoms with Crippen molar-refractivity contribution in [2.45, 2.75) is 6.54 Å². The molecule has 0 bridgehead atoms. The summed E-state index contributed by atoms with van der Waals surface area (Å²) in [7, 11) is 1.29. The molecular weight excluding hydrogens is 398 g/mol. The molecule has 3 aromatic heterocycles. The second-order valence-corrected chi connectivity index (χ2v) is 6.89. The molecule has 8 nitrogen and oxygen atoms in total. The van der Waals surface area contributed by atoms with Gasteiger partial charge in [0.2, 0.25) is 12.3 Å². The van der Waals surface area contributed by atoms with Gasteiger partial charge in [0.1, 0.15) is 11.3 Å². The normalized spacial score (nSPS) is 10.7. The number of benzene rings is 1. The summed E-state index contributed by atoms with van der Waals surface area (Å²) >= 11 is 0. The van der Waals surface area contributed by atoms with Crippen molar-refractivity contribution in [2.75, 3.05) is 7.11 Å². The number of hydrogen-bond acceptors (Lipinski definition) is 5. The molecule has 0 saturated carbocycles. The minimum absolute atomic E-state index is 0.0201. The van der Waals surface area contributed by atoms with Crippen molar-refractivity contribution in [1.29, 1.82) is 0 Å². The maximum absolute atomic E-state index is 13.4. The van der Waals surface area contributed by atoms with Crippen LogP contribution in [0.25, 0.3) is 16.6 Å². The highest BCUT2D eigenvalue weighted by molar-refractivity contribution is 6.02. The van der Waals surface area contributed by atoms with Gasteiger partial charge in [-0.15, -0.1) is 0 Å². The zero-order valence-electron chi connectivity index (χ0n) is 16.6. The van der Waals surface area contributed by atoms with Gasteiger partial charge in [0.25, 0.3) is 5.69 Å². The molecule has 0 aliphatic heterocycles. The van der Waals surface area contributed by atoms with Gasteiger partial charge in [-0.3, -0.25) is 14.9 Å². The monoisotopic (exact) mass is 416 g/mol. The molecule has 0 spiro atoms. The number of aromatic nitrogens is 2. The summed E-state index contributed by atoms with van der Waals surface area (Å²) < 4.78 is 8.11. The molecule has 31 heavy (non-hydrogen) atoms. The Hall–Kier alpha value is -4.33. The summed E-state index contributed by atoms with van der Waals surface area (Å²) in [6.45, 7) is -0.0201. The van der Waals surface area contributed by atoms with Gasteiger partial charge in [-0.25, -0.2) is 4.79 Å². The van der Waals surface area contributed by atoms with Crippen molar-refractivity contribution < 1.29 is 23.8 Å². The van der Waals surface area contributed by atoms with Crippen molar-refractivity contribution in [3.05, 3.63) is 101 Å². The van der Waals surface area contributed by atoms with E-state index in [-0.39, 0.29) is 18.0 Å². The lowest BCUT2D eigenvalue weighted by molar-refractivity contribution is -0.683. The lowest BCUT2D eigenvalue weighted by Crippen LogP contribution is -2.38. The van der Waals surface area contributed by atoms with Crippen LogP contribution in [0.2, 0.25) is 0 Å². The van der Waals surface area contributed by atoms with Gasteiger partial charge in [-0.2, -0.15) is 4.57 Å². The third-order valence-corrected chi connectivity index (χ3v) is 4.92. The Morgan fingerprint density at radius 3 is 2.71 bits per heavy atom. The van der Waals surface area contributed by atoms with E-state index in [1.165, 1.54) is 19.2 Å². The number of nitro groups is 1. The van der Waals surface area contributed by atoms with Crippen molar-refractivity contribution in [1.82, 2.24) is 4.40 Å². The first-order chi connectivity index (χ1) is 15.0. The number of non-ortho nitro benzene ring substituents is 1. The van der Waals surface area contributed by atoms with Gasteiger partial charge in [-0.05, 0) is 29.8 Å². The summed E-state index contributed by atoms with van der Waals surface area (Å²) in [5.74, 6) is -0.702. The van der Waals surface area contributed by atoms with Crippen LogP contribution in [0.5, 0.6) is 0 Å². The molecule has 154 valence electrons. The predicted octanol–water partition coefficient (Wildman–Crippen LogP) is 3.47. The zero-order chi connectivity index (χ0) is 22.0. The predicted molar refractivity (Wildman–Crippen MR) is 112 cm³/mol. The summed E-state index contributed by atoms with van der Waals surface area (Å²) in [6.07, 6.45) is 5.01. The van der Waals surface area contributed by atoms with Crippen LogP contribution < -0.4 is 4.57 Å². The third-order valence-electron chi connectivity index (χ3n) is 4.92. The number of Topliss-reactive ketones (excluding diaryl/α,β-unsaturated/α-hetero) is 1. The summed E-state index contributed by atoms with van der Waals surface area (Å²) in [4.78, 5) is 35.9. The molecule has 4 aromatic rings. The number of pyridine rings is 2. The van der Waals surface area contributed by atoms with E-state index in [4.69, 9.17) is 4.74 Å². The smallest absolute Gasteiger partial charge is 0.343 e. The third kappa shape index (κ3) is 3.91. The van der Waals surface area contributed by atoms with E-state index in [1.807, 2.05) is 24.3 Å². The number of rotatable bonds is 6. The quantitative estimate of drug-likeness (QED) is 0.158. The van der Waals surface area contributed by atoms with E-state index >= 15 is 0 Å². The zero-order valence-corrected chi connectivity index (χ0v) is 16.6. The van der Waals surface area contributed by atoms with Crippen LogP contribution in [-0.4, -0.2) is 28.2 Å². The first kappa shape index (κ1) is 20.0. The molecule has 0 saturated heterocycles. The second kappa shape index (κ2) is 8.19. The van der Waals surface area contributed by atoms with Gasteiger partial charge in [0, 0.05) is 35.5 Å². The fourth-order valence-electron chi connectivity index (χ4n) is 3.51. The van der Waals surface area contributed by atoms with E-state index in [0.29, 0.717) is 22.4 Å². The first-order valence-electron chi connectivity index (χ1n) is 9.43. The molecule has 0 aliphatic carbocycles. The maximum Gasteiger partial charge on any atom is 0.343 e. The number of carbonyl (C=O) groups is 2. The van der Waals surface area contributed by atoms with Crippen molar-refractivity contribution in [3.63, 3.8) is 0 Å².